The molecule has 1 rings (SSSR count). The summed E-state index contributed by atoms with van der Waals surface area (Å²) in [6.45, 7) is 1.68. The summed E-state index contributed by atoms with van der Waals surface area (Å²) in [5.41, 5.74) is 5.65. The molecule has 0 fully saturated rings. The van der Waals surface area contributed by atoms with Crippen molar-refractivity contribution in [2.45, 2.75) is 6.92 Å². The van der Waals surface area contributed by atoms with Gasteiger partial charge >= 0.3 is 5.97 Å². The lowest BCUT2D eigenvalue weighted by molar-refractivity contribution is 0.0691. The Kier molecular flexibility index (Phi) is 2.27. The fourth-order valence-electron chi connectivity index (χ4n) is 0.673. The Morgan fingerprint density at radius 1 is 1.58 bits per heavy atom. The Morgan fingerprint density at radius 3 is 2.67 bits per heavy atom. The molecule has 0 saturated heterocycles. The van der Waals surface area contributed by atoms with Gasteiger partial charge in [0, 0.05) is 0 Å². The molecule has 5 nitrogen and oxygen atoms in total. The first kappa shape index (κ1) is 8.92. The Bertz CT molecular complexity index is 340. The highest BCUT2D eigenvalue weighted by molar-refractivity contribution is 9.10. The van der Waals surface area contributed by atoms with E-state index in [1.165, 1.54) is 0 Å². The Balaban J connectivity index is 3.33. The number of hydrogen-bond acceptors (Lipinski definition) is 4. The molecule has 0 atom stereocenters. The lowest BCUT2D eigenvalue weighted by Crippen LogP contribution is -2.09. The number of anilines is 1. The number of nitrogens with two attached hydrogens (primary N) is 1. The molecule has 0 unspecified atom stereocenters. The average molecular weight is 232 g/mol. The third-order valence-electron chi connectivity index (χ3n) is 1.24. The summed E-state index contributed by atoms with van der Waals surface area (Å²) in [5.74, 6) is -1.25. The number of carboxylic acid groups (broad SMARTS) is 1. The number of aryl methyl sites for hydroxylation is 1. The van der Waals surface area contributed by atoms with Gasteiger partial charge in [0.1, 0.15) is 4.60 Å². The molecule has 0 aliphatic carbocycles. The summed E-state index contributed by atoms with van der Waals surface area (Å²) in [5, 5.41) is 8.58. The molecule has 1 aromatic rings. The van der Waals surface area contributed by atoms with E-state index in [9.17, 15) is 4.79 Å². The van der Waals surface area contributed by atoms with Crippen LogP contribution in [-0.2, 0) is 0 Å². The standard InChI is InChI=1S/C6H6BrN3O2/c1-2-4(7)10-3(6(11)12)5(8)9-2/h1H3,(H2,8,9)(H,11,12). The molecule has 0 aliphatic rings. The van der Waals surface area contributed by atoms with Crippen LogP contribution in [0.5, 0.6) is 0 Å². The first-order chi connectivity index (χ1) is 5.52. The zero-order valence-corrected chi connectivity index (χ0v) is 7.79. The molecule has 0 bridgehead atoms. The van der Waals surface area contributed by atoms with Crippen molar-refractivity contribution in [2.24, 2.45) is 0 Å². The highest BCUT2D eigenvalue weighted by Crippen LogP contribution is 2.14. The number of aromatic nitrogens is 2. The van der Waals surface area contributed by atoms with E-state index in [-0.39, 0.29) is 11.5 Å². The van der Waals surface area contributed by atoms with Crippen LogP contribution >= 0.6 is 15.9 Å². The molecule has 0 aromatic carbocycles. The van der Waals surface area contributed by atoms with Crippen LogP contribution in [0.25, 0.3) is 0 Å². The lowest BCUT2D eigenvalue weighted by Gasteiger charge is -2.01. The minimum absolute atomic E-state index is 0.0665. The van der Waals surface area contributed by atoms with Gasteiger partial charge in [-0.05, 0) is 22.9 Å². The predicted molar refractivity (Wildman–Crippen MR) is 45.8 cm³/mol. The fraction of sp³-hybridized carbons (Fsp3) is 0.167. The van der Waals surface area contributed by atoms with Crippen LogP contribution in [0.3, 0.4) is 0 Å². The van der Waals surface area contributed by atoms with Gasteiger partial charge in [-0.1, -0.05) is 0 Å². The molecular formula is C6H6BrN3O2. The van der Waals surface area contributed by atoms with Gasteiger partial charge in [0.25, 0.3) is 0 Å². The van der Waals surface area contributed by atoms with Crippen LogP contribution in [0.4, 0.5) is 5.82 Å². The number of nitrogens with zero attached hydrogens (tertiary/aromatic N) is 2. The van der Waals surface area contributed by atoms with E-state index < -0.39 is 5.97 Å². The minimum atomic E-state index is -1.18. The Hall–Kier alpha value is -1.17. The van der Waals surface area contributed by atoms with Crippen LogP contribution in [0, 0.1) is 6.92 Å². The van der Waals surface area contributed by atoms with Crippen molar-refractivity contribution in [3.8, 4) is 0 Å². The van der Waals surface area contributed by atoms with Gasteiger partial charge in [-0.2, -0.15) is 0 Å². The molecule has 0 radical (unpaired) electrons. The highest BCUT2D eigenvalue weighted by Gasteiger charge is 2.12. The summed E-state index contributed by atoms with van der Waals surface area (Å²) < 4.78 is 0.397. The topological polar surface area (TPSA) is 89.1 Å². The Morgan fingerprint density at radius 2 is 2.17 bits per heavy atom. The number of carbonyl (C=O) groups is 1. The largest absolute Gasteiger partial charge is 0.476 e. The van der Waals surface area contributed by atoms with Gasteiger partial charge < -0.3 is 10.8 Å². The number of halogens is 1. The van der Waals surface area contributed by atoms with Crippen LogP contribution in [-0.4, -0.2) is 21.0 Å². The summed E-state index contributed by atoms with van der Waals surface area (Å²) in [6, 6.07) is 0. The molecule has 0 aliphatic heterocycles. The molecule has 12 heavy (non-hydrogen) atoms. The quantitative estimate of drug-likeness (QED) is 0.748. The average Bonchev–Trinajstić information content (AvgIpc) is 1.96. The number of hydrogen-bond donors (Lipinski definition) is 2. The van der Waals surface area contributed by atoms with E-state index >= 15 is 0 Å². The predicted octanol–water partition coefficient (Wildman–Crippen LogP) is 0.828. The molecule has 6 heteroatoms. The van der Waals surface area contributed by atoms with E-state index in [4.69, 9.17) is 10.8 Å². The zero-order valence-electron chi connectivity index (χ0n) is 6.21. The molecule has 1 heterocycles. The first-order valence-corrected chi connectivity index (χ1v) is 3.84. The molecule has 0 spiro atoms. The van der Waals surface area contributed by atoms with Crippen molar-refractivity contribution in [1.29, 1.82) is 0 Å². The molecule has 3 N–H and O–H groups in total. The SMILES string of the molecule is Cc1nc(N)c(C(=O)O)nc1Br. The summed E-state index contributed by atoms with van der Waals surface area (Å²) in [7, 11) is 0. The molecule has 1 aromatic heterocycles. The first-order valence-electron chi connectivity index (χ1n) is 3.05. The van der Waals surface area contributed by atoms with Gasteiger partial charge in [-0.15, -0.1) is 0 Å². The van der Waals surface area contributed by atoms with E-state index in [0.29, 0.717) is 10.3 Å². The van der Waals surface area contributed by atoms with Gasteiger partial charge in [0.05, 0.1) is 5.69 Å². The maximum absolute atomic E-state index is 10.5. The van der Waals surface area contributed by atoms with Crippen LogP contribution in [0.15, 0.2) is 4.60 Å². The van der Waals surface area contributed by atoms with Crippen molar-refractivity contribution in [1.82, 2.24) is 9.97 Å². The number of carboxylic acids is 1. The van der Waals surface area contributed by atoms with E-state index in [0.717, 1.165) is 0 Å². The van der Waals surface area contributed by atoms with E-state index in [2.05, 4.69) is 25.9 Å². The van der Waals surface area contributed by atoms with Crippen molar-refractivity contribution < 1.29 is 9.90 Å². The zero-order chi connectivity index (χ0) is 9.30. The van der Waals surface area contributed by atoms with Gasteiger partial charge in [0.2, 0.25) is 0 Å². The number of aromatic carboxylic acids is 1. The highest BCUT2D eigenvalue weighted by atomic mass is 79.9. The third kappa shape index (κ3) is 1.53. The monoisotopic (exact) mass is 231 g/mol. The second-order valence-corrected chi connectivity index (χ2v) is 2.89. The smallest absolute Gasteiger partial charge is 0.358 e. The summed E-state index contributed by atoms with van der Waals surface area (Å²) in [4.78, 5) is 18.0. The second kappa shape index (κ2) is 3.06. The Labute approximate surface area is 76.8 Å². The number of rotatable bonds is 1. The molecular weight excluding hydrogens is 226 g/mol. The van der Waals surface area contributed by atoms with E-state index in [1.54, 1.807) is 6.92 Å². The molecule has 0 saturated carbocycles. The maximum atomic E-state index is 10.5. The summed E-state index contributed by atoms with van der Waals surface area (Å²) in [6.07, 6.45) is 0. The fourth-order valence-corrected chi connectivity index (χ4v) is 0.939. The van der Waals surface area contributed by atoms with Crippen molar-refractivity contribution in [2.75, 3.05) is 5.73 Å². The van der Waals surface area contributed by atoms with Gasteiger partial charge in [-0.3, -0.25) is 0 Å². The van der Waals surface area contributed by atoms with Gasteiger partial charge in [-0.25, -0.2) is 14.8 Å². The minimum Gasteiger partial charge on any atom is -0.476 e. The van der Waals surface area contributed by atoms with Gasteiger partial charge in [0.15, 0.2) is 11.5 Å². The normalized spacial score (nSPS) is 9.83. The van der Waals surface area contributed by atoms with Crippen molar-refractivity contribution >= 4 is 27.7 Å². The second-order valence-electron chi connectivity index (χ2n) is 2.14. The van der Waals surface area contributed by atoms with E-state index in [1.807, 2.05) is 0 Å². The molecule has 64 valence electrons. The van der Waals surface area contributed by atoms with Crippen LogP contribution < -0.4 is 5.73 Å². The van der Waals surface area contributed by atoms with Crippen LogP contribution in [0.2, 0.25) is 0 Å². The number of nitrogen functional groups attached to an aromatic ring is 1. The molecule has 0 amide bonds. The van der Waals surface area contributed by atoms with Crippen molar-refractivity contribution in [3.63, 3.8) is 0 Å². The maximum Gasteiger partial charge on any atom is 0.358 e. The third-order valence-corrected chi connectivity index (χ3v) is 1.99. The summed E-state index contributed by atoms with van der Waals surface area (Å²) >= 11 is 3.06. The lowest BCUT2D eigenvalue weighted by atomic mass is 10.4. The van der Waals surface area contributed by atoms with Crippen LogP contribution in [0.1, 0.15) is 16.2 Å². The van der Waals surface area contributed by atoms with Crippen molar-refractivity contribution in [3.05, 3.63) is 16.0 Å².